The summed E-state index contributed by atoms with van der Waals surface area (Å²) in [5.74, 6) is 1.10. The van der Waals surface area contributed by atoms with Crippen LogP contribution in [0.15, 0.2) is 0 Å². The Morgan fingerprint density at radius 3 is 2.62 bits per heavy atom. The number of carbonyl (C=O) groups excluding carboxylic acids is 3. The van der Waals surface area contributed by atoms with Crippen LogP contribution in [0.2, 0.25) is 0 Å². The highest BCUT2D eigenvalue weighted by atomic mass is 32.2. The van der Waals surface area contributed by atoms with Gasteiger partial charge in [0.1, 0.15) is 5.41 Å². The van der Waals surface area contributed by atoms with E-state index in [1.165, 1.54) is 4.90 Å². The molecule has 0 aromatic heterocycles. The number of imide groups is 2. The second kappa shape index (κ2) is 3.23. The van der Waals surface area contributed by atoms with E-state index in [0.717, 1.165) is 17.9 Å². The number of carbonyl (C=O) groups is 3. The van der Waals surface area contributed by atoms with E-state index in [1.54, 1.807) is 11.8 Å². The molecule has 1 atom stereocenters. The van der Waals surface area contributed by atoms with Gasteiger partial charge in [0.2, 0.25) is 11.8 Å². The Hall–Kier alpha value is -1.04. The quantitative estimate of drug-likeness (QED) is 0.672. The number of urea groups is 1. The number of thioether (sulfide) groups is 1. The molecule has 3 rings (SSSR count). The topological polar surface area (TPSA) is 66.5 Å². The maximum atomic E-state index is 12.2. The summed E-state index contributed by atoms with van der Waals surface area (Å²) in [4.78, 5) is 36.7. The zero-order valence-corrected chi connectivity index (χ0v) is 9.51. The molecule has 1 aliphatic carbocycles. The van der Waals surface area contributed by atoms with Gasteiger partial charge in [-0.05, 0) is 25.0 Å². The standard InChI is InChI=1S/C10H12N2O3S/c13-7-10(2-3-10)8(14)12(9(15)11-7)6-1-4-16-5-6/h6H,1-5H2,(H,11,13,15). The number of hydrogen-bond acceptors (Lipinski definition) is 4. The van der Waals surface area contributed by atoms with Gasteiger partial charge in [-0.25, -0.2) is 4.79 Å². The normalized spacial score (nSPS) is 32.1. The van der Waals surface area contributed by atoms with Crippen LogP contribution in [0.1, 0.15) is 19.3 Å². The monoisotopic (exact) mass is 240 g/mol. The number of nitrogens with zero attached hydrogens (tertiary/aromatic N) is 1. The summed E-state index contributed by atoms with van der Waals surface area (Å²) < 4.78 is 0. The minimum absolute atomic E-state index is 0.0249. The van der Waals surface area contributed by atoms with Crippen LogP contribution in [0.5, 0.6) is 0 Å². The Kier molecular flexibility index (Phi) is 2.04. The van der Waals surface area contributed by atoms with E-state index in [-0.39, 0.29) is 11.9 Å². The molecular weight excluding hydrogens is 228 g/mol. The summed E-state index contributed by atoms with van der Waals surface area (Å²) in [6.45, 7) is 0. The van der Waals surface area contributed by atoms with Gasteiger partial charge in [0.15, 0.2) is 0 Å². The average Bonchev–Trinajstić information content (AvgIpc) is 2.88. The van der Waals surface area contributed by atoms with Crippen molar-refractivity contribution in [1.29, 1.82) is 0 Å². The zero-order chi connectivity index (χ0) is 11.3. The van der Waals surface area contributed by atoms with Crippen molar-refractivity contribution in [1.82, 2.24) is 10.2 Å². The van der Waals surface area contributed by atoms with Gasteiger partial charge in [-0.1, -0.05) is 0 Å². The van der Waals surface area contributed by atoms with Gasteiger partial charge in [-0.3, -0.25) is 19.8 Å². The first-order valence-corrected chi connectivity index (χ1v) is 6.57. The van der Waals surface area contributed by atoms with Crippen molar-refractivity contribution >= 4 is 29.6 Å². The van der Waals surface area contributed by atoms with Gasteiger partial charge in [0.05, 0.1) is 6.04 Å². The van der Waals surface area contributed by atoms with Crippen molar-refractivity contribution in [2.45, 2.75) is 25.3 Å². The van der Waals surface area contributed by atoms with Crippen molar-refractivity contribution < 1.29 is 14.4 Å². The van der Waals surface area contributed by atoms with Crippen LogP contribution in [0.3, 0.4) is 0 Å². The minimum atomic E-state index is -0.888. The van der Waals surface area contributed by atoms with E-state index in [9.17, 15) is 14.4 Å². The van der Waals surface area contributed by atoms with E-state index in [2.05, 4.69) is 5.32 Å². The summed E-state index contributed by atoms with van der Waals surface area (Å²) >= 11 is 1.74. The first kappa shape index (κ1) is 10.1. The molecule has 3 aliphatic rings. The molecule has 1 saturated carbocycles. The molecule has 0 radical (unpaired) electrons. The molecule has 86 valence electrons. The van der Waals surface area contributed by atoms with E-state index < -0.39 is 17.4 Å². The SMILES string of the molecule is O=C1NC(=O)C2(CC2)C(=O)N1C1CCSC1. The molecule has 0 aromatic rings. The molecule has 2 aliphatic heterocycles. The number of hydrogen-bond donors (Lipinski definition) is 1. The lowest BCUT2D eigenvalue weighted by Gasteiger charge is -2.33. The van der Waals surface area contributed by atoms with Crippen LogP contribution in [0.25, 0.3) is 0 Å². The molecular formula is C10H12N2O3S. The second-order valence-electron chi connectivity index (χ2n) is 4.53. The summed E-state index contributed by atoms with van der Waals surface area (Å²) in [5, 5.41) is 2.31. The molecule has 16 heavy (non-hydrogen) atoms. The van der Waals surface area contributed by atoms with E-state index >= 15 is 0 Å². The van der Waals surface area contributed by atoms with Crippen molar-refractivity contribution in [3.8, 4) is 0 Å². The van der Waals surface area contributed by atoms with Gasteiger partial charge in [-0.15, -0.1) is 0 Å². The molecule has 2 saturated heterocycles. The first-order valence-electron chi connectivity index (χ1n) is 5.42. The third-order valence-electron chi connectivity index (χ3n) is 3.52. The Labute approximate surface area is 96.9 Å². The summed E-state index contributed by atoms with van der Waals surface area (Å²) in [6, 6.07) is -0.553. The molecule has 6 heteroatoms. The minimum Gasteiger partial charge on any atom is -0.277 e. The number of rotatable bonds is 1. The first-order chi connectivity index (χ1) is 7.65. The van der Waals surface area contributed by atoms with Crippen LogP contribution in [0, 0.1) is 5.41 Å². The highest BCUT2D eigenvalue weighted by Gasteiger charge is 2.63. The smallest absolute Gasteiger partial charge is 0.277 e. The van der Waals surface area contributed by atoms with E-state index in [4.69, 9.17) is 0 Å². The van der Waals surface area contributed by atoms with Crippen LogP contribution in [-0.2, 0) is 9.59 Å². The van der Waals surface area contributed by atoms with Gasteiger partial charge >= 0.3 is 6.03 Å². The van der Waals surface area contributed by atoms with Crippen LogP contribution in [-0.4, -0.2) is 40.3 Å². The maximum absolute atomic E-state index is 12.2. The lowest BCUT2D eigenvalue weighted by molar-refractivity contribution is -0.145. The predicted molar refractivity (Wildman–Crippen MR) is 57.8 cm³/mol. The molecule has 3 fully saturated rings. The lowest BCUT2D eigenvalue weighted by Crippen LogP contribution is -2.62. The Balaban J connectivity index is 1.89. The molecule has 1 unspecified atom stereocenters. The Morgan fingerprint density at radius 1 is 1.31 bits per heavy atom. The molecule has 2 heterocycles. The van der Waals surface area contributed by atoms with Crippen LogP contribution < -0.4 is 5.32 Å². The fraction of sp³-hybridized carbons (Fsp3) is 0.700. The zero-order valence-electron chi connectivity index (χ0n) is 8.69. The predicted octanol–water partition coefficient (Wildman–Crippen LogP) is 0.351. The second-order valence-corrected chi connectivity index (χ2v) is 5.68. The molecule has 0 aromatic carbocycles. The molecule has 4 amide bonds. The molecule has 1 spiro atoms. The van der Waals surface area contributed by atoms with Gasteiger partial charge in [0, 0.05) is 5.75 Å². The molecule has 1 N–H and O–H groups in total. The fourth-order valence-corrected chi connectivity index (χ4v) is 3.51. The fourth-order valence-electron chi connectivity index (χ4n) is 2.32. The lowest BCUT2D eigenvalue weighted by atomic mass is 10.0. The average molecular weight is 240 g/mol. The third kappa shape index (κ3) is 1.22. The van der Waals surface area contributed by atoms with Crippen molar-refractivity contribution in [3.63, 3.8) is 0 Å². The van der Waals surface area contributed by atoms with Crippen molar-refractivity contribution in [3.05, 3.63) is 0 Å². The molecule has 0 bridgehead atoms. The third-order valence-corrected chi connectivity index (χ3v) is 4.67. The number of amides is 4. The highest BCUT2D eigenvalue weighted by molar-refractivity contribution is 7.99. The van der Waals surface area contributed by atoms with Crippen molar-refractivity contribution in [2.24, 2.45) is 5.41 Å². The van der Waals surface area contributed by atoms with E-state index in [1.807, 2.05) is 0 Å². The van der Waals surface area contributed by atoms with Gasteiger partial charge in [-0.2, -0.15) is 11.8 Å². The maximum Gasteiger partial charge on any atom is 0.331 e. The van der Waals surface area contributed by atoms with Gasteiger partial charge < -0.3 is 0 Å². The Morgan fingerprint density at radius 2 is 2.06 bits per heavy atom. The highest BCUT2D eigenvalue weighted by Crippen LogP contribution is 2.49. The van der Waals surface area contributed by atoms with E-state index in [0.29, 0.717) is 12.8 Å². The van der Waals surface area contributed by atoms with Crippen molar-refractivity contribution in [2.75, 3.05) is 11.5 Å². The van der Waals surface area contributed by atoms with Crippen LogP contribution >= 0.6 is 11.8 Å². The number of barbiturate groups is 1. The summed E-state index contributed by atoms with van der Waals surface area (Å²) in [5.41, 5.74) is -0.888. The molecule has 5 nitrogen and oxygen atoms in total. The largest absolute Gasteiger partial charge is 0.331 e. The van der Waals surface area contributed by atoms with Crippen LogP contribution in [0.4, 0.5) is 4.79 Å². The Bertz CT molecular complexity index is 386. The number of nitrogens with one attached hydrogen (secondary N) is 1. The summed E-state index contributed by atoms with van der Waals surface area (Å²) in [7, 11) is 0. The summed E-state index contributed by atoms with van der Waals surface area (Å²) in [6.07, 6.45) is 2.01. The van der Waals surface area contributed by atoms with Gasteiger partial charge in [0.25, 0.3) is 0 Å².